The summed E-state index contributed by atoms with van der Waals surface area (Å²) in [7, 11) is 1.92. The standard InChI is InChI=1S/C11H17N5/c1-4-16-8-10(6-13-16)5-12-11-9(2)7-15(3)14-11/h6-8H,4-5H2,1-3H3,(H,12,14). The maximum Gasteiger partial charge on any atom is 0.151 e. The quantitative estimate of drug-likeness (QED) is 0.848. The van der Waals surface area contributed by atoms with E-state index in [-0.39, 0.29) is 0 Å². The van der Waals surface area contributed by atoms with Crippen molar-refractivity contribution < 1.29 is 0 Å². The topological polar surface area (TPSA) is 47.7 Å². The SMILES string of the molecule is CCn1cc(CNc2nn(C)cc2C)cn1. The van der Waals surface area contributed by atoms with Crippen molar-refractivity contribution in [1.29, 1.82) is 0 Å². The van der Waals surface area contributed by atoms with Gasteiger partial charge in [0.05, 0.1) is 6.20 Å². The van der Waals surface area contributed by atoms with Gasteiger partial charge < -0.3 is 5.32 Å². The van der Waals surface area contributed by atoms with E-state index in [0.717, 1.165) is 24.5 Å². The molecule has 0 saturated carbocycles. The van der Waals surface area contributed by atoms with E-state index in [2.05, 4.69) is 22.4 Å². The number of nitrogens with one attached hydrogen (secondary N) is 1. The van der Waals surface area contributed by atoms with Crippen molar-refractivity contribution in [2.45, 2.75) is 26.9 Å². The van der Waals surface area contributed by atoms with Crippen LogP contribution in [-0.4, -0.2) is 19.6 Å². The third kappa shape index (κ3) is 2.24. The molecular weight excluding hydrogens is 202 g/mol. The van der Waals surface area contributed by atoms with Crippen molar-refractivity contribution in [2.75, 3.05) is 5.32 Å². The predicted octanol–water partition coefficient (Wildman–Crippen LogP) is 1.56. The molecule has 2 aromatic rings. The molecule has 0 spiro atoms. The first-order valence-corrected chi connectivity index (χ1v) is 5.44. The van der Waals surface area contributed by atoms with Gasteiger partial charge in [-0.15, -0.1) is 0 Å². The van der Waals surface area contributed by atoms with Gasteiger partial charge in [0.2, 0.25) is 0 Å². The molecule has 16 heavy (non-hydrogen) atoms. The van der Waals surface area contributed by atoms with E-state index in [4.69, 9.17) is 0 Å². The smallest absolute Gasteiger partial charge is 0.151 e. The fourth-order valence-electron chi connectivity index (χ4n) is 1.64. The monoisotopic (exact) mass is 219 g/mol. The second-order valence-electron chi connectivity index (χ2n) is 3.89. The highest BCUT2D eigenvalue weighted by Gasteiger charge is 2.03. The Hall–Kier alpha value is -1.78. The first-order chi connectivity index (χ1) is 7.69. The van der Waals surface area contributed by atoms with Crippen molar-refractivity contribution in [2.24, 2.45) is 7.05 Å². The zero-order chi connectivity index (χ0) is 11.5. The molecule has 0 aromatic carbocycles. The Morgan fingerprint density at radius 2 is 2.19 bits per heavy atom. The zero-order valence-corrected chi connectivity index (χ0v) is 9.94. The van der Waals surface area contributed by atoms with Gasteiger partial charge in [0, 0.05) is 43.7 Å². The molecule has 0 radical (unpaired) electrons. The van der Waals surface area contributed by atoms with Gasteiger partial charge in [-0.25, -0.2) is 0 Å². The van der Waals surface area contributed by atoms with Crippen LogP contribution in [0.3, 0.4) is 0 Å². The van der Waals surface area contributed by atoms with Crippen molar-refractivity contribution in [1.82, 2.24) is 19.6 Å². The Bertz CT molecular complexity index is 468. The summed E-state index contributed by atoms with van der Waals surface area (Å²) in [4.78, 5) is 0. The number of aryl methyl sites for hydroxylation is 3. The zero-order valence-electron chi connectivity index (χ0n) is 9.94. The van der Waals surface area contributed by atoms with Crippen LogP contribution in [0.25, 0.3) is 0 Å². The predicted molar refractivity (Wildman–Crippen MR) is 63.2 cm³/mol. The number of hydrogen-bond acceptors (Lipinski definition) is 3. The second kappa shape index (κ2) is 4.38. The van der Waals surface area contributed by atoms with Gasteiger partial charge in [-0.05, 0) is 13.8 Å². The molecule has 0 bridgehead atoms. The van der Waals surface area contributed by atoms with Crippen molar-refractivity contribution in [3.8, 4) is 0 Å². The Morgan fingerprint density at radius 1 is 1.38 bits per heavy atom. The van der Waals surface area contributed by atoms with Gasteiger partial charge in [0.1, 0.15) is 0 Å². The van der Waals surface area contributed by atoms with Gasteiger partial charge in [-0.3, -0.25) is 9.36 Å². The van der Waals surface area contributed by atoms with Crippen LogP contribution in [0.1, 0.15) is 18.1 Å². The fourth-order valence-corrected chi connectivity index (χ4v) is 1.64. The molecule has 0 aliphatic heterocycles. The maximum atomic E-state index is 4.33. The summed E-state index contributed by atoms with van der Waals surface area (Å²) in [6.45, 7) is 5.79. The highest BCUT2D eigenvalue weighted by atomic mass is 15.3. The second-order valence-corrected chi connectivity index (χ2v) is 3.89. The first kappa shape index (κ1) is 10.7. The van der Waals surface area contributed by atoms with E-state index in [1.54, 1.807) is 0 Å². The van der Waals surface area contributed by atoms with Crippen LogP contribution in [0, 0.1) is 6.92 Å². The minimum Gasteiger partial charge on any atom is -0.364 e. The van der Waals surface area contributed by atoms with Crippen molar-refractivity contribution in [3.05, 3.63) is 29.7 Å². The number of rotatable bonds is 4. The van der Waals surface area contributed by atoms with E-state index in [1.807, 2.05) is 41.9 Å². The lowest BCUT2D eigenvalue weighted by Crippen LogP contribution is -2.01. The highest BCUT2D eigenvalue weighted by Crippen LogP contribution is 2.11. The minimum atomic E-state index is 0.762. The van der Waals surface area contributed by atoms with Gasteiger partial charge in [-0.1, -0.05) is 0 Å². The molecule has 86 valence electrons. The molecule has 0 saturated heterocycles. The average molecular weight is 219 g/mol. The third-order valence-corrected chi connectivity index (χ3v) is 2.48. The summed E-state index contributed by atoms with van der Waals surface area (Å²) in [5, 5.41) is 11.9. The molecule has 0 fully saturated rings. The van der Waals surface area contributed by atoms with E-state index < -0.39 is 0 Å². The van der Waals surface area contributed by atoms with E-state index in [9.17, 15) is 0 Å². The fraction of sp³-hybridized carbons (Fsp3) is 0.455. The van der Waals surface area contributed by atoms with Crippen LogP contribution in [0.5, 0.6) is 0 Å². The van der Waals surface area contributed by atoms with E-state index in [1.165, 1.54) is 5.56 Å². The molecule has 2 rings (SSSR count). The summed E-state index contributed by atoms with van der Waals surface area (Å²) in [6.07, 6.45) is 5.93. The molecule has 0 aliphatic rings. The summed E-state index contributed by atoms with van der Waals surface area (Å²) in [6, 6.07) is 0. The highest BCUT2D eigenvalue weighted by molar-refractivity contribution is 5.42. The van der Waals surface area contributed by atoms with E-state index >= 15 is 0 Å². The van der Waals surface area contributed by atoms with Crippen LogP contribution in [-0.2, 0) is 20.1 Å². The first-order valence-electron chi connectivity index (χ1n) is 5.44. The van der Waals surface area contributed by atoms with Crippen LogP contribution in [0.4, 0.5) is 5.82 Å². The van der Waals surface area contributed by atoms with Crippen LogP contribution >= 0.6 is 0 Å². The largest absolute Gasteiger partial charge is 0.364 e. The molecular formula is C11H17N5. The molecule has 0 amide bonds. The number of aromatic nitrogens is 4. The molecule has 5 nitrogen and oxygen atoms in total. The van der Waals surface area contributed by atoms with Gasteiger partial charge in [0.25, 0.3) is 0 Å². The van der Waals surface area contributed by atoms with Gasteiger partial charge in [0.15, 0.2) is 5.82 Å². The molecule has 5 heteroatoms. The molecule has 2 aromatic heterocycles. The minimum absolute atomic E-state index is 0.762. The maximum absolute atomic E-state index is 4.33. The Labute approximate surface area is 95.1 Å². The lowest BCUT2D eigenvalue weighted by atomic mass is 10.3. The molecule has 0 unspecified atom stereocenters. The molecule has 0 aliphatic carbocycles. The summed E-state index contributed by atoms with van der Waals surface area (Å²) in [5.74, 6) is 0.937. The Kier molecular flexibility index (Phi) is 2.94. The number of nitrogens with zero attached hydrogens (tertiary/aromatic N) is 4. The molecule has 1 N–H and O–H groups in total. The lowest BCUT2D eigenvalue weighted by Gasteiger charge is -2.01. The average Bonchev–Trinajstić information content (AvgIpc) is 2.82. The van der Waals surface area contributed by atoms with E-state index in [0.29, 0.717) is 0 Å². The summed E-state index contributed by atoms with van der Waals surface area (Å²) < 4.78 is 3.73. The van der Waals surface area contributed by atoms with Gasteiger partial charge >= 0.3 is 0 Å². The third-order valence-electron chi connectivity index (χ3n) is 2.48. The summed E-state index contributed by atoms with van der Waals surface area (Å²) >= 11 is 0. The van der Waals surface area contributed by atoms with Crippen molar-refractivity contribution >= 4 is 5.82 Å². The molecule has 2 heterocycles. The van der Waals surface area contributed by atoms with Crippen LogP contribution in [0.2, 0.25) is 0 Å². The van der Waals surface area contributed by atoms with Crippen LogP contribution < -0.4 is 5.32 Å². The molecule has 0 atom stereocenters. The lowest BCUT2D eigenvalue weighted by molar-refractivity contribution is 0.659. The van der Waals surface area contributed by atoms with Crippen molar-refractivity contribution in [3.63, 3.8) is 0 Å². The Morgan fingerprint density at radius 3 is 2.75 bits per heavy atom. The summed E-state index contributed by atoms with van der Waals surface area (Å²) in [5.41, 5.74) is 2.33. The number of anilines is 1. The number of hydrogen-bond donors (Lipinski definition) is 1. The van der Waals surface area contributed by atoms with Gasteiger partial charge in [-0.2, -0.15) is 10.2 Å². The Balaban J connectivity index is 1.99. The van der Waals surface area contributed by atoms with Crippen LogP contribution in [0.15, 0.2) is 18.6 Å². The normalized spacial score (nSPS) is 10.7.